The van der Waals surface area contributed by atoms with Gasteiger partial charge in [-0.05, 0) is 38.8 Å². The van der Waals surface area contributed by atoms with Gasteiger partial charge in [0.25, 0.3) is 0 Å². The molecule has 2 nitrogen and oxygen atoms in total. The Balaban J connectivity index is 1.92. The summed E-state index contributed by atoms with van der Waals surface area (Å²) >= 11 is 0. The van der Waals surface area contributed by atoms with E-state index < -0.39 is 0 Å². The maximum absolute atomic E-state index is 3.63. The Hall–Kier alpha value is -0.0800. The lowest BCUT2D eigenvalue weighted by atomic mass is 9.99. The Bertz CT molecular complexity index is 147. The Morgan fingerprint density at radius 3 is 3.17 bits per heavy atom. The summed E-state index contributed by atoms with van der Waals surface area (Å²) in [5, 5.41) is 3.63. The molecule has 0 aromatic carbocycles. The van der Waals surface area contributed by atoms with Crippen LogP contribution in [-0.2, 0) is 0 Å². The van der Waals surface area contributed by atoms with Crippen LogP contribution >= 0.6 is 0 Å². The largest absolute Gasteiger partial charge is 0.312 e. The summed E-state index contributed by atoms with van der Waals surface area (Å²) in [5.74, 6) is 0. The van der Waals surface area contributed by atoms with E-state index >= 15 is 0 Å². The summed E-state index contributed by atoms with van der Waals surface area (Å²) in [6.45, 7) is 6.17. The summed E-state index contributed by atoms with van der Waals surface area (Å²) in [6.07, 6.45) is 5.49. The third-order valence-electron chi connectivity index (χ3n) is 3.25. The highest BCUT2D eigenvalue weighted by Crippen LogP contribution is 2.24. The summed E-state index contributed by atoms with van der Waals surface area (Å²) in [4.78, 5) is 2.68. The lowest BCUT2D eigenvalue weighted by Gasteiger charge is -2.32. The molecular weight excluding hydrogens is 148 g/mol. The second kappa shape index (κ2) is 3.75. The Kier molecular flexibility index (Phi) is 2.66. The van der Waals surface area contributed by atoms with Crippen molar-refractivity contribution in [3.05, 3.63) is 0 Å². The standard InChI is InChI=1S/C10H20N2/c1-2-7-12-8-5-9-10(12)4-3-6-11-9/h9-11H,2-8H2,1H3. The molecule has 0 aliphatic carbocycles. The number of nitrogens with zero attached hydrogens (tertiary/aromatic N) is 1. The highest BCUT2D eigenvalue weighted by molar-refractivity contribution is 4.94. The second-order valence-corrected chi connectivity index (χ2v) is 4.09. The van der Waals surface area contributed by atoms with Gasteiger partial charge in [-0.1, -0.05) is 6.92 Å². The smallest absolute Gasteiger partial charge is 0.0250 e. The third kappa shape index (κ3) is 1.50. The van der Waals surface area contributed by atoms with Crippen molar-refractivity contribution in [2.45, 2.75) is 44.7 Å². The van der Waals surface area contributed by atoms with Crippen LogP contribution in [0.3, 0.4) is 0 Å². The molecule has 2 rings (SSSR count). The van der Waals surface area contributed by atoms with Crippen molar-refractivity contribution in [1.29, 1.82) is 0 Å². The van der Waals surface area contributed by atoms with Gasteiger partial charge in [-0.3, -0.25) is 4.90 Å². The van der Waals surface area contributed by atoms with E-state index in [-0.39, 0.29) is 0 Å². The summed E-state index contributed by atoms with van der Waals surface area (Å²) in [6, 6.07) is 1.70. The molecule has 0 amide bonds. The molecule has 2 atom stereocenters. The van der Waals surface area contributed by atoms with E-state index in [1.54, 1.807) is 0 Å². The fraction of sp³-hybridized carbons (Fsp3) is 1.00. The molecule has 12 heavy (non-hydrogen) atoms. The number of likely N-dealkylation sites (tertiary alicyclic amines) is 1. The molecular formula is C10H20N2. The highest BCUT2D eigenvalue weighted by atomic mass is 15.2. The van der Waals surface area contributed by atoms with E-state index in [1.807, 2.05) is 0 Å². The van der Waals surface area contributed by atoms with Gasteiger partial charge >= 0.3 is 0 Å². The van der Waals surface area contributed by atoms with Gasteiger partial charge < -0.3 is 5.32 Å². The van der Waals surface area contributed by atoms with Gasteiger partial charge in [0.15, 0.2) is 0 Å². The van der Waals surface area contributed by atoms with Crippen LogP contribution in [0.15, 0.2) is 0 Å². The summed E-state index contributed by atoms with van der Waals surface area (Å²) < 4.78 is 0. The van der Waals surface area contributed by atoms with Crippen LogP contribution in [0.2, 0.25) is 0 Å². The molecule has 2 heteroatoms. The van der Waals surface area contributed by atoms with E-state index in [1.165, 1.54) is 45.3 Å². The molecule has 2 saturated heterocycles. The Labute approximate surface area is 75.3 Å². The van der Waals surface area contributed by atoms with E-state index in [2.05, 4.69) is 17.1 Å². The lowest BCUT2D eigenvalue weighted by molar-refractivity contribution is 0.201. The Morgan fingerprint density at radius 1 is 1.42 bits per heavy atom. The average molecular weight is 168 g/mol. The fourth-order valence-electron chi connectivity index (χ4n) is 2.70. The van der Waals surface area contributed by atoms with Crippen LogP contribution in [-0.4, -0.2) is 36.6 Å². The molecule has 0 radical (unpaired) electrons. The zero-order valence-electron chi connectivity index (χ0n) is 8.05. The summed E-state index contributed by atoms with van der Waals surface area (Å²) in [7, 11) is 0. The van der Waals surface area contributed by atoms with E-state index in [0.29, 0.717) is 0 Å². The van der Waals surface area contributed by atoms with Crippen LogP contribution in [0.5, 0.6) is 0 Å². The molecule has 70 valence electrons. The fourth-order valence-corrected chi connectivity index (χ4v) is 2.70. The van der Waals surface area contributed by atoms with Crippen molar-refractivity contribution in [2.24, 2.45) is 0 Å². The second-order valence-electron chi connectivity index (χ2n) is 4.09. The van der Waals surface area contributed by atoms with Gasteiger partial charge in [-0.15, -0.1) is 0 Å². The van der Waals surface area contributed by atoms with Crippen molar-refractivity contribution < 1.29 is 0 Å². The predicted molar refractivity (Wildman–Crippen MR) is 51.3 cm³/mol. The number of nitrogens with one attached hydrogen (secondary N) is 1. The number of hydrogen-bond acceptors (Lipinski definition) is 2. The van der Waals surface area contributed by atoms with Gasteiger partial charge in [-0.2, -0.15) is 0 Å². The monoisotopic (exact) mass is 168 g/mol. The van der Waals surface area contributed by atoms with Crippen molar-refractivity contribution in [3.63, 3.8) is 0 Å². The lowest BCUT2D eigenvalue weighted by Crippen LogP contribution is -2.46. The Morgan fingerprint density at radius 2 is 2.33 bits per heavy atom. The molecule has 0 spiro atoms. The summed E-state index contributed by atoms with van der Waals surface area (Å²) in [5.41, 5.74) is 0. The van der Waals surface area contributed by atoms with Crippen LogP contribution in [0, 0.1) is 0 Å². The van der Waals surface area contributed by atoms with Crippen molar-refractivity contribution in [3.8, 4) is 0 Å². The van der Waals surface area contributed by atoms with Crippen LogP contribution in [0.25, 0.3) is 0 Å². The normalized spacial score (nSPS) is 36.8. The third-order valence-corrected chi connectivity index (χ3v) is 3.25. The first-order valence-corrected chi connectivity index (χ1v) is 5.39. The molecule has 2 aliphatic rings. The van der Waals surface area contributed by atoms with Gasteiger partial charge in [0.05, 0.1) is 0 Å². The minimum absolute atomic E-state index is 0.824. The van der Waals surface area contributed by atoms with Gasteiger partial charge in [0.1, 0.15) is 0 Å². The number of hydrogen-bond donors (Lipinski definition) is 1. The molecule has 2 unspecified atom stereocenters. The molecule has 0 aromatic rings. The quantitative estimate of drug-likeness (QED) is 0.667. The molecule has 2 fully saturated rings. The number of rotatable bonds is 2. The first-order chi connectivity index (χ1) is 5.92. The topological polar surface area (TPSA) is 15.3 Å². The van der Waals surface area contributed by atoms with Crippen molar-refractivity contribution in [2.75, 3.05) is 19.6 Å². The maximum atomic E-state index is 3.63. The van der Waals surface area contributed by atoms with Gasteiger partial charge in [-0.25, -0.2) is 0 Å². The first-order valence-electron chi connectivity index (χ1n) is 5.39. The molecule has 2 heterocycles. The molecule has 0 aromatic heterocycles. The molecule has 0 bridgehead atoms. The zero-order chi connectivity index (χ0) is 8.39. The van der Waals surface area contributed by atoms with Crippen LogP contribution in [0.1, 0.15) is 32.6 Å². The van der Waals surface area contributed by atoms with Crippen molar-refractivity contribution in [1.82, 2.24) is 10.2 Å². The predicted octanol–water partition coefficient (Wildman–Crippen LogP) is 1.22. The number of piperidine rings is 1. The SMILES string of the molecule is CCCN1CCC2NCCCC21. The van der Waals surface area contributed by atoms with E-state index in [9.17, 15) is 0 Å². The molecule has 1 N–H and O–H groups in total. The maximum Gasteiger partial charge on any atom is 0.0250 e. The minimum atomic E-state index is 0.824. The molecule has 0 saturated carbocycles. The first kappa shape index (κ1) is 8.52. The zero-order valence-corrected chi connectivity index (χ0v) is 8.05. The minimum Gasteiger partial charge on any atom is -0.312 e. The van der Waals surface area contributed by atoms with Gasteiger partial charge in [0, 0.05) is 18.6 Å². The van der Waals surface area contributed by atoms with Gasteiger partial charge in [0.2, 0.25) is 0 Å². The van der Waals surface area contributed by atoms with E-state index in [4.69, 9.17) is 0 Å². The average Bonchev–Trinajstić information content (AvgIpc) is 2.50. The van der Waals surface area contributed by atoms with Crippen molar-refractivity contribution >= 4 is 0 Å². The highest BCUT2D eigenvalue weighted by Gasteiger charge is 2.34. The van der Waals surface area contributed by atoms with Crippen LogP contribution < -0.4 is 5.32 Å². The van der Waals surface area contributed by atoms with E-state index in [0.717, 1.165) is 12.1 Å². The number of fused-ring (bicyclic) bond motifs is 1. The van der Waals surface area contributed by atoms with Crippen LogP contribution in [0.4, 0.5) is 0 Å². The molecule has 2 aliphatic heterocycles.